The molecule has 0 N–H and O–H groups in total. The molecule has 5 nitrogen and oxygen atoms in total. The summed E-state index contributed by atoms with van der Waals surface area (Å²) in [7, 11) is 3.97. The number of carbonyl (C=O) groups is 1. The molecule has 0 aliphatic carbocycles. The zero-order valence-corrected chi connectivity index (χ0v) is 22.2. The van der Waals surface area contributed by atoms with Gasteiger partial charge in [0.25, 0.3) is 5.56 Å². The molecule has 0 amide bonds. The highest BCUT2D eigenvalue weighted by Crippen LogP contribution is 2.22. The van der Waals surface area contributed by atoms with Gasteiger partial charge in [-0.3, -0.25) is 4.79 Å². The predicted octanol–water partition coefficient (Wildman–Crippen LogP) is 6.59. The molecule has 3 rings (SSSR count). The van der Waals surface area contributed by atoms with Crippen LogP contribution in [0.4, 0.5) is 5.69 Å². The number of aryl methyl sites for hydroxylation is 1. The Labute approximate surface area is 216 Å². The SMILES string of the molecule is CN(C)c1cccc(C=Cc2c(Cl)cc(Cl)c(=O)n2CCc2ccc(C(=O)OC(C)(C)C)cc2)c1. The second-order valence-electron chi connectivity index (χ2n) is 9.45. The minimum atomic E-state index is -0.555. The molecule has 7 heteroatoms. The molecule has 0 spiro atoms. The van der Waals surface area contributed by atoms with Crippen molar-refractivity contribution in [1.29, 1.82) is 0 Å². The fourth-order valence-electron chi connectivity index (χ4n) is 3.47. The van der Waals surface area contributed by atoms with Crippen LogP contribution >= 0.6 is 23.2 Å². The number of hydrogen-bond donors (Lipinski definition) is 0. The van der Waals surface area contributed by atoms with Crippen LogP contribution in [0, 0.1) is 0 Å². The number of halogens is 2. The third-order valence-electron chi connectivity index (χ3n) is 5.27. The van der Waals surface area contributed by atoms with Gasteiger partial charge in [0, 0.05) is 26.3 Å². The second kappa shape index (κ2) is 11.1. The van der Waals surface area contributed by atoms with Crippen molar-refractivity contribution in [3.8, 4) is 0 Å². The molecule has 0 fully saturated rings. The number of benzene rings is 2. The van der Waals surface area contributed by atoms with E-state index in [1.807, 2.05) is 82.3 Å². The lowest BCUT2D eigenvalue weighted by Gasteiger charge is -2.19. The van der Waals surface area contributed by atoms with Crippen LogP contribution in [0.1, 0.15) is 48.0 Å². The van der Waals surface area contributed by atoms with Crippen molar-refractivity contribution in [1.82, 2.24) is 4.57 Å². The highest BCUT2D eigenvalue weighted by Gasteiger charge is 2.18. The standard InChI is InChI=1S/C28H30Cl2N2O3/c1-28(2,3)35-27(34)21-12-9-19(10-13-21)15-16-32-25(23(29)18-24(30)26(32)33)14-11-20-7-6-8-22(17-20)31(4)5/h6-14,17-18H,15-16H2,1-5H3. The largest absolute Gasteiger partial charge is 0.456 e. The molecule has 0 atom stereocenters. The van der Waals surface area contributed by atoms with Gasteiger partial charge in [-0.05, 0) is 74.7 Å². The molecule has 2 aromatic carbocycles. The van der Waals surface area contributed by atoms with Crippen molar-refractivity contribution in [2.75, 3.05) is 19.0 Å². The minimum Gasteiger partial charge on any atom is -0.456 e. The van der Waals surface area contributed by atoms with E-state index in [1.54, 1.807) is 16.7 Å². The van der Waals surface area contributed by atoms with Gasteiger partial charge >= 0.3 is 5.97 Å². The van der Waals surface area contributed by atoms with E-state index < -0.39 is 5.60 Å². The van der Waals surface area contributed by atoms with Gasteiger partial charge in [0.2, 0.25) is 0 Å². The monoisotopic (exact) mass is 512 g/mol. The van der Waals surface area contributed by atoms with Gasteiger partial charge in [0.1, 0.15) is 10.6 Å². The maximum absolute atomic E-state index is 12.9. The fraction of sp³-hybridized carbons (Fsp3) is 0.286. The Morgan fingerprint density at radius 1 is 1.00 bits per heavy atom. The van der Waals surface area contributed by atoms with Crippen LogP contribution in [0.15, 0.2) is 59.4 Å². The molecule has 0 saturated carbocycles. The van der Waals surface area contributed by atoms with E-state index in [2.05, 4.69) is 6.07 Å². The molecule has 3 aromatic rings. The number of ether oxygens (including phenoxy) is 1. The number of pyridine rings is 1. The van der Waals surface area contributed by atoms with E-state index in [9.17, 15) is 9.59 Å². The summed E-state index contributed by atoms with van der Waals surface area (Å²) in [5.74, 6) is -0.368. The molecule has 0 aliphatic heterocycles. The highest BCUT2D eigenvalue weighted by molar-refractivity contribution is 6.35. The molecule has 0 radical (unpaired) electrons. The number of anilines is 1. The second-order valence-corrected chi connectivity index (χ2v) is 10.3. The zero-order valence-electron chi connectivity index (χ0n) is 20.6. The summed E-state index contributed by atoms with van der Waals surface area (Å²) < 4.78 is 6.99. The third-order valence-corrected chi connectivity index (χ3v) is 5.84. The van der Waals surface area contributed by atoms with Gasteiger partial charge in [0.15, 0.2) is 0 Å². The Bertz CT molecular complexity index is 1290. The van der Waals surface area contributed by atoms with Crippen LogP contribution in [-0.2, 0) is 17.7 Å². The Hall–Kier alpha value is -3.02. The average Bonchev–Trinajstić information content (AvgIpc) is 2.79. The molecule has 35 heavy (non-hydrogen) atoms. The Morgan fingerprint density at radius 2 is 1.69 bits per heavy atom. The smallest absolute Gasteiger partial charge is 0.338 e. The third kappa shape index (κ3) is 7.23. The van der Waals surface area contributed by atoms with Crippen molar-refractivity contribution in [3.05, 3.63) is 97.4 Å². The highest BCUT2D eigenvalue weighted by atomic mass is 35.5. The van der Waals surface area contributed by atoms with Crippen LogP contribution in [0.2, 0.25) is 10.0 Å². The maximum Gasteiger partial charge on any atom is 0.338 e. The van der Waals surface area contributed by atoms with Gasteiger partial charge < -0.3 is 14.2 Å². The van der Waals surface area contributed by atoms with E-state index in [0.717, 1.165) is 16.8 Å². The Morgan fingerprint density at radius 3 is 2.31 bits per heavy atom. The average molecular weight is 513 g/mol. The summed E-state index contributed by atoms with van der Waals surface area (Å²) in [6.07, 6.45) is 4.32. The van der Waals surface area contributed by atoms with Crippen molar-refractivity contribution < 1.29 is 9.53 Å². The maximum atomic E-state index is 12.9. The predicted molar refractivity (Wildman–Crippen MR) is 146 cm³/mol. The van der Waals surface area contributed by atoms with E-state index in [4.69, 9.17) is 27.9 Å². The molecule has 0 aliphatic rings. The number of hydrogen-bond acceptors (Lipinski definition) is 4. The van der Waals surface area contributed by atoms with Gasteiger partial charge in [0.05, 0.1) is 16.3 Å². The molecule has 1 heterocycles. The van der Waals surface area contributed by atoms with Gasteiger partial charge in [-0.2, -0.15) is 0 Å². The summed E-state index contributed by atoms with van der Waals surface area (Å²) in [5, 5.41) is 0.469. The summed E-state index contributed by atoms with van der Waals surface area (Å²) in [4.78, 5) is 27.1. The lowest BCUT2D eigenvalue weighted by Crippen LogP contribution is -2.24. The molecule has 0 bridgehead atoms. The fourth-order valence-corrected chi connectivity index (χ4v) is 4.01. The normalized spacial score (nSPS) is 11.6. The van der Waals surface area contributed by atoms with Gasteiger partial charge in [-0.25, -0.2) is 4.79 Å². The minimum absolute atomic E-state index is 0.0713. The molecule has 0 unspecified atom stereocenters. The first-order valence-electron chi connectivity index (χ1n) is 11.3. The van der Waals surface area contributed by atoms with Crippen molar-refractivity contribution in [2.45, 2.75) is 39.3 Å². The van der Waals surface area contributed by atoms with Crippen LogP contribution in [0.5, 0.6) is 0 Å². The topological polar surface area (TPSA) is 51.5 Å². The Balaban J connectivity index is 1.83. The number of carbonyl (C=O) groups excluding carboxylic acids is 1. The summed E-state index contributed by atoms with van der Waals surface area (Å²) >= 11 is 12.6. The molecule has 1 aromatic heterocycles. The summed E-state index contributed by atoms with van der Waals surface area (Å²) in [5.41, 5.74) is 3.23. The van der Waals surface area contributed by atoms with E-state index >= 15 is 0 Å². The lowest BCUT2D eigenvalue weighted by atomic mass is 10.1. The molecule has 0 saturated heterocycles. The van der Waals surface area contributed by atoms with Crippen LogP contribution in [0.25, 0.3) is 12.2 Å². The molecule has 184 valence electrons. The van der Waals surface area contributed by atoms with E-state index in [0.29, 0.717) is 29.2 Å². The number of rotatable bonds is 7. The van der Waals surface area contributed by atoms with Crippen LogP contribution in [-0.4, -0.2) is 30.2 Å². The Kier molecular flexibility index (Phi) is 8.47. The first kappa shape index (κ1) is 26.6. The summed E-state index contributed by atoms with van der Waals surface area (Å²) in [6, 6.07) is 16.7. The van der Waals surface area contributed by atoms with E-state index in [1.165, 1.54) is 6.07 Å². The van der Waals surface area contributed by atoms with E-state index in [-0.39, 0.29) is 16.6 Å². The first-order chi connectivity index (χ1) is 16.4. The van der Waals surface area contributed by atoms with Gasteiger partial charge in [-0.15, -0.1) is 0 Å². The number of nitrogens with zero attached hydrogens (tertiary/aromatic N) is 2. The molecular formula is C28H30Cl2N2O3. The quantitative estimate of drug-likeness (QED) is 0.335. The van der Waals surface area contributed by atoms with Crippen LogP contribution in [0.3, 0.4) is 0 Å². The number of aromatic nitrogens is 1. The molecular weight excluding hydrogens is 483 g/mol. The summed E-state index contributed by atoms with van der Waals surface area (Å²) in [6.45, 7) is 5.87. The zero-order chi connectivity index (χ0) is 25.8. The first-order valence-corrected chi connectivity index (χ1v) is 12.1. The van der Waals surface area contributed by atoms with Crippen LogP contribution < -0.4 is 10.5 Å². The lowest BCUT2D eigenvalue weighted by molar-refractivity contribution is 0.00695. The van der Waals surface area contributed by atoms with Crippen molar-refractivity contribution in [2.24, 2.45) is 0 Å². The van der Waals surface area contributed by atoms with Gasteiger partial charge in [-0.1, -0.05) is 53.5 Å². The number of esters is 1. The van der Waals surface area contributed by atoms with Crippen molar-refractivity contribution >= 4 is 47.0 Å². The van der Waals surface area contributed by atoms with Crippen molar-refractivity contribution in [3.63, 3.8) is 0 Å².